The predicted octanol–water partition coefficient (Wildman–Crippen LogP) is -1.50. The summed E-state index contributed by atoms with van der Waals surface area (Å²) in [5.74, 6) is -0.696. The standard InChI is InChI=1S/C14H21N4O5/c1-10(20)13(8-19)23-5-4-22-3-2-17-14(21)12(15)6-11-7-16-9-18-11/h7,9,12-13H,2-6,15H2,1H3,(H,16,18)(H,17,21)/t12-,13?/m0/s1. The van der Waals surface area contributed by atoms with Crippen LogP contribution in [-0.4, -0.2) is 66.5 Å². The maximum Gasteiger partial charge on any atom is 0.237 e. The molecule has 0 bridgehead atoms. The van der Waals surface area contributed by atoms with Crippen LogP contribution in [0.2, 0.25) is 0 Å². The van der Waals surface area contributed by atoms with Gasteiger partial charge in [-0.1, -0.05) is 0 Å². The normalized spacial score (nSPS) is 13.3. The van der Waals surface area contributed by atoms with Gasteiger partial charge in [0.15, 0.2) is 11.9 Å². The smallest absolute Gasteiger partial charge is 0.237 e. The van der Waals surface area contributed by atoms with Gasteiger partial charge in [0.1, 0.15) is 0 Å². The van der Waals surface area contributed by atoms with Gasteiger partial charge in [0, 0.05) is 19.2 Å². The molecule has 0 aliphatic rings. The second-order valence-corrected chi connectivity index (χ2v) is 4.75. The summed E-state index contributed by atoms with van der Waals surface area (Å²) in [6, 6.07) is -0.680. The number of aromatic nitrogens is 2. The molecular formula is C14H21N4O5. The van der Waals surface area contributed by atoms with Crippen LogP contribution in [0.3, 0.4) is 0 Å². The van der Waals surface area contributed by atoms with Crippen molar-refractivity contribution in [1.29, 1.82) is 0 Å². The number of carbonyl (C=O) groups excluding carboxylic acids is 3. The molecule has 0 fully saturated rings. The van der Waals surface area contributed by atoms with Crippen molar-refractivity contribution >= 4 is 18.0 Å². The fraction of sp³-hybridized carbons (Fsp3) is 0.571. The molecule has 0 saturated heterocycles. The third kappa shape index (κ3) is 7.63. The number of Topliss-reactive ketones (excluding diaryl/α,β-unsaturated/α-hetero) is 1. The Kier molecular flexibility index (Phi) is 8.73. The third-order valence-corrected chi connectivity index (χ3v) is 2.85. The van der Waals surface area contributed by atoms with Gasteiger partial charge in [-0.3, -0.25) is 14.4 Å². The number of amides is 1. The van der Waals surface area contributed by atoms with Crippen molar-refractivity contribution in [2.75, 3.05) is 26.4 Å². The minimum Gasteiger partial charge on any atom is -0.377 e. The van der Waals surface area contributed by atoms with E-state index in [0.29, 0.717) is 18.7 Å². The molecule has 1 amide bonds. The second-order valence-electron chi connectivity index (χ2n) is 4.75. The number of nitrogens with zero attached hydrogens (tertiary/aromatic N) is 1. The summed E-state index contributed by atoms with van der Waals surface area (Å²) in [6.45, 7) is 2.09. The van der Waals surface area contributed by atoms with E-state index in [4.69, 9.17) is 15.2 Å². The fourth-order valence-electron chi connectivity index (χ4n) is 1.66. The highest BCUT2D eigenvalue weighted by Crippen LogP contribution is 1.96. The molecule has 0 aliphatic heterocycles. The zero-order chi connectivity index (χ0) is 17.1. The van der Waals surface area contributed by atoms with Gasteiger partial charge in [-0.2, -0.15) is 0 Å². The largest absolute Gasteiger partial charge is 0.377 e. The van der Waals surface area contributed by atoms with E-state index in [1.54, 1.807) is 6.20 Å². The van der Waals surface area contributed by atoms with Crippen LogP contribution in [0.1, 0.15) is 12.6 Å². The lowest BCUT2D eigenvalue weighted by atomic mass is 10.1. The van der Waals surface area contributed by atoms with Crippen LogP contribution in [0.15, 0.2) is 12.5 Å². The molecule has 4 N–H and O–H groups in total. The quantitative estimate of drug-likeness (QED) is 0.314. The van der Waals surface area contributed by atoms with Gasteiger partial charge < -0.3 is 25.5 Å². The van der Waals surface area contributed by atoms with E-state index in [9.17, 15) is 14.4 Å². The molecule has 1 unspecified atom stereocenters. The number of nitrogens with one attached hydrogen (secondary N) is 2. The van der Waals surface area contributed by atoms with Gasteiger partial charge in [-0.25, -0.2) is 4.98 Å². The lowest BCUT2D eigenvalue weighted by molar-refractivity contribution is -0.125. The van der Waals surface area contributed by atoms with Crippen molar-refractivity contribution in [3.8, 4) is 0 Å². The highest BCUT2D eigenvalue weighted by atomic mass is 16.5. The van der Waals surface area contributed by atoms with Crippen LogP contribution in [-0.2, 0) is 30.3 Å². The number of ketones is 1. The Morgan fingerprint density at radius 1 is 1.43 bits per heavy atom. The molecule has 1 radical (unpaired) electrons. The molecule has 1 heterocycles. The van der Waals surface area contributed by atoms with Crippen LogP contribution in [0.25, 0.3) is 0 Å². The molecule has 1 aromatic rings. The maximum atomic E-state index is 11.7. The van der Waals surface area contributed by atoms with E-state index in [1.165, 1.54) is 19.5 Å². The highest BCUT2D eigenvalue weighted by Gasteiger charge is 2.15. The molecule has 0 aromatic carbocycles. The van der Waals surface area contributed by atoms with Crippen molar-refractivity contribution in [1.82, 2.24) is 15.3 Å². The number of ether oxygens (including phenoxy) is 2. The summed E-state index contributed by atoms with van der Waals surface area (Å²) < 4.78 is 10.2. The summed E-state index contributed by atoms with van der Waals surface area (Å²) in [5, 5.41) is 2.64. The number of nitrogens with two attached hydrogens (primary N) is 1. The van der Waals surface area contributed by atoms with Gasteiger partial charge in [-0.15, -0.1) is 0 Å². The SMILES string of the molecule is CC(=O)C([C]=O)OCCOCCNC(=O)[C@@H](N)Cc1c[nH]cn1. The second kappa shape index (κ2) is 10.6. The Bertz CT molecular complexity index is 491. The van der Waals surface area contributed by atoms with Crippen LogP contribution >= 0.6 is 0 Å². The van der Waals surface area contributed by atoms with Crippen molar-refractivity contribution in [2.45, 2.75) is 25.5 Å². The number of carbonyl (C=O) groups is 2. The Morgan fingerprint density at radius 3 is 2.83 bits per heavy atom. The summed E-state index contributed by atoms with van der Waals surface area (Å²) in [5.41, 5.74) is 6.47. The molecule has 0 aliphatic carbocycles. The van der Waals surface area contributed by atoms with Crippen LogP contribution < -0.4 is 11.1 Å². The predicted molar refractivity (Wildman–Crippen MR) is 80.2 cm³/mol. The molecule has 127 valence electrons. The molecule has 23 heavy (non-hydrogen) atoms. The number of H-pyrrole nitrogens is 1. The van der Waals surface area contributed by atoms with Gasteiger partial charge in [-0.05, 0) is 6.92 Å². The molecule has 1 rings (SSSR count). The van der Waals surface area contributed by atoms with Gasteiger partial charge in [0.2, 0.25) is 12.2 Å². The Labute approximate surface area is 133 Å². The van der Waals surface area contributed by atoms with E-state index in [-0.39, 0.29) is 25.7 Å². The van der Waals surface area contributed by atoms with E-state index in [0.717, 1.165) is 0 Å². The fourth-order valence-corrected chi connectivity index (χ4v) is 1.66. The average molecular weight is 325 g/mol. The third-order valence-electron chi connectivity index (χ3n) is 2.85. The molecule has 0 saturated carbocycles. The minimum absolute atomic E-state index is 0.0894. The van der Waals surface area contributed by atoms with Crippen LogP contribution in [0, 0.1) is 0 Å². The Balaban J connectivity index is 2.04. The summed E-state index contributed by atoms with van der Waals surface area (Å²) in [7, 11) is 0. The molecular weight excluding hydrogens is 304 g/mol. The first-order valence-corrected chi connectivity index (χ1v) is 7.13. The van der Waals surface area contributed by atoms with Crippen LogP contribution in [0.5, 0.6) is 0 Å². The molecule has 0 spiro atoms. The first-order chi connectivity index (χ1) is 11.0. The molecule has 9 heteroatoms. The van der Waals surface area contributed by atoms with Crippen LogP contribution in [0.4, 0.5) is 0 Å². The minimum atomic E-state index is -1.17. The molecule has 2 atom stereocenters. The number of rotatable bonds is 12. The van der Waals surface area contributed by atoms with E-state index < -0.39 is 17.9 Å². The number of hydrogen-bond acceptors (Lipinski definition) is 7. The Hall–Kier alpha value is -2.10. The topological polar surface area (TPSA) is 136 Å². The zero-order valence-electron chi connectivity index (χ0n) is 12.9. The van der Waals surface area contributed by atoms with Crippen molar-refractivity contribution in [3.05, 3.63) is 18.2 Å². The number of imidazole rings is 1. The average Bonchev–Trinajstić information content (AvgIpc) is 3.02. The van der Waals surface area contributed by atoms with Gasteiger partial charge in [0.05, 0.1) is 37.9 Å². The lowest BCUT2D eigenvalue weighted by Crippen LogP contribution is -2.43. The van der Waals surface area contributed by atoms with E-state index in [2.05, 4.69) is 15.3 Å². The van der Waals surface area contributed by atoms with Crippen molar-refractivity contribution in [2.24, 2.45) is 5.73 Å². The summed E-state index contributed by atoms with van der Waals surface area (Å²) in [4.78, 5) is 39.8. The summed E-state index contributed by atoms with van der Waals surface area (Å²) >= 11 is 0. The van der Waals surface area contributed by atoms with E-state index >= 15 is 0 Å². The molecule has 9 nitrogen and oxygen atoms in total. The maximum absolute atomic E-state index is 11.7. The monoisotopic (exact) mass is 325 g/mol. The van der Waals surface area contributed by atoms with Gasteiger partial charge >= 0.3 is 0 Å². The first kappa shape index (κ1) is 18.9. The Morgan fingerprint density at radius 2 is 2.22 bits per heavy atom. The van der Waals surface area contributed by atoms with Crippen molar-refractivity contribution < 1.29 is 23.9 Å². The highest BCUT2D eigenvalue weighted by molar-refractivity contribution is 5.94. The first-order valence-electron chi connectivity index (χ1n) is 7.13. The number of hydrogen-bond donors (Lipinski definition) is 3. The number of aromatic amines is 1. The lowest BCUT2D eigenvalue weighted by Gasteiger charge is -2.12. The van der Waals surface area contributed by atoms with Gasteiger partial charge in [0.25, 0.3) is 0 Å². The zero-order valence-corrected chi connectivity index (χ0v) is 12.9. The molecule has 1 aromatic heterocycles. The summed E-state index contributed by atoms with van der Waals surface area (Å²) in [6.07, 6.45) is 3.88. The van der Waals surface area contributed by atoms with Crippen molar-refractivity contribution in [3.63, 3.8) is 0 Å². The van der Waals surface area contributed by atoms with E-state index in [1.807, 2.05) is 0 Å².